The van der Waals surface area contributed by atoms with Crippen molar-refractivity contribution >= 4 is 17.5 Å². The lowest BCUT2D eigenvalue weighted by molar-refractivity contribution is 0.0946. The standard InChI is InChI=1S/C12H15ClN2O/c1-8-5-10(13)9(6-14-8)11(16)15-7-12(2)3-4-12/h5-6H,3-4,7H2,1-2H3,(H,15,16). The molecule has 0 radical (unpaired) electrons. The third kappa shape index (κ3) is 2.53. The van der Waals surface area contributed by atoms with Gasteiger partial charge in [0.25, 0.3) is 5.91 Å². The highest BCUT2D eigenvalue weighted by atomic mass is 35.5. The Morgan fingerprint density at radius 3 is 2.88 bits per heavy atom. The van der Waals surface area contributed by atoms with Crippen LogP contribution in [0, 0.1) is 12.3 Å². The topological polar surface area (TPSA) is 42.0 Å². The monoisotopic (exact) mass is 238 g/mol. The highest BCUT2D eigenvalue weighted by Crippen LogP contribution is 2.44. The molecule has 0 unspecified atom stereocenters. The molecule has 1 fully saturated rings. The molecule has 16 heavy (non-hydrogen) atoms. The van der Waals surface area contributed by atoms with E-state index in [1.54, 1.807) is 6.07 Å². The van der Waals surface area contributed by atoms with E-state index in [2.05, 4.69) is 17.2 Å². The summed E-state index contributed by atoms with van der Waals surface area (Å²) in [7, 11) is 0. The quantitative estimate of drug-likeness (QED) is 0.880. The van der Waals surface area contributed by atoms with Crippen LogP contribution in [-0.2, 0) is 0 Å². The zero-order valence-corrected chi connectivity index (χ0v) is 10.3. The highest BCUT2D eigenvalue weighted by Gasteiger charge is 2.37. The van der Waals surface area contributed by atoms with Crippen molar-refractivity contribution in [1.29, 1.82) is 0 Å². The fourth-order valence-corrected chi connectivity index (χ4v) is 1.77. The van der Waals surface area contributed by atoms with Gasteiger partial charge >= 0.3 is 0 Å². The summed E-state index contributed by atoms with van der Waals surface area (Å²) in [6, 6.07) is 1.70. The number of carbonyl (C=O) groups excluding carboxylic acids is 1. The molecule has 0 saturated heterocycles. The van der Waals surface area contributed by atoms with Gasteiger partial charge in [0, 0.05) is 18.4 Å². The largest absolute Gasteiger partial charge is 0.351 e. The maximum Gasteiger partial charge on any atom is 0.254 e. The lowest BCUT2D eigenvalue weighted by Gasteiger charge is -2.10. The van der Waals surface area contributed by atoms with E-state index < -0.39 is 0 Å². The Bertz CT molecular complexity index is 427. The van der Waals surface area contributed by atoms with Crippen molar-refractivity contribution < 1.29 is 4.79 Å². The van der Waals surface area contributed by atoms with Gasteiger partial charge in [0.05, 0.1) is 10.6 Å². The summed E-state index contributed by atoms with van der Waals surface area (Å²) in [6.07, 6.45) is 3.91. The zero-order valence-electron chi connectivity index (χ0n) is 9.51. The van der Waals surface area contributed by atoms with Crippen LogP contribution in [0.1, 0.15) is 35.8 Å². The summed E-state index contributed by atoms with van der Waals surface area (Å²) < 4.78 is 0. The number of aromatic nitrogens is 1. The first-order valence-corrected chi connectivity index (χ1v) is 5.78. The Morgan fingerprint density at radius 1 is 1.62 bits per heavy atom. The minimum atomic E-state index is -0.134. The lowest BCUT2D eigenvalue weighted by Crippen LogP contribution is -2.29. The van der Waals surface area contributed by atoms with Crippen LogP contribution >= 0.6 is 11.6 Å². The highest BCUT2D eigenvalue weighted by molar-refractivity contribution is 6.33. The van der Waals surface area contributed by atoms with Crippen LogP contribution < -0.4 is 5.32 Å². The van der Waals surface area contributed by atoms with Crippen LogP contribution in [0.5, 0.6) is 0 Å². The summed E-state index contributed by atoms with van der Waals surface area (Å²) in [6.45, 7) is 4.73. The maximum absolute atomic E-state index is 11.8. The van der Waals surface area contributed by atoms with Gasteiger partial charge in [-0.2, -0.15) is 0 Å². The van der Waals surface area contributed by atoms with Gasteiger partial charge in [0.2, 0.25) is 0 Å². The first-order chi connectivity index (χ1) is 7.50. The van der Waals surface area contributed by atoms with Crippen LogP contribution in [0.3, 0.4) is 0 Å². The number of halogens is 1. The smallest absolute Gasteiger partial charge is 0.254 e. The Kier molecular flexibility index (Phi) is 2.89. The van der Waals surface area contributed by atoms with E-state index >= 15 is 0 Å². The number of pyridine rings is 1. The number of hydrogen-bond donors (Lipinski definition) is 1. The number of nitrogens with zero attached hydrogens (tertiary/aromatic N) is 1. The van der Waals surface area contributed by atoms with E-state index in [1.165, 1.54) is 19.0 Å². The number of nitrogens with one attached hydrogen (secondary N) is 1. The van der Waals surface area contributed by atoms with Gasteiger partial charge < -0.3 is 5.32 Å². The Morgan fingerprint density at radius 2 is 2.31 bits per heavy atom. The fourth-order valence-electron chi connectivity index (χ4n) is 1.47. The van der Waals surface area contributed by atoms with Gasteiger partial charge in [-0.3, -0.25) is 9.78 Å². The van der Waals surface area contributed by atoms with E-state index in [0.717, 1.165) is 12.2 Å². The van der Waals surface area contributed by atoms with Gasteiger partial charge in [-0.05, 0) is 31.2 Å². The molecule has 1 aliphatic rings. The number of aryl methyl sites for hydroxylation is 1. The first-order valence-electron chi connectivity index (χ1n) is 5.41. The number of amides is 1. The number of carbonyl (C=O) groups is 1. The van der Waals surface area contributed by atoms with Crippen LogP contribution in [-0.4, -0.2) is 17.4 Å². The molecule has 0 atom stereocenters. The summed E-state index contributed by atoms with van der Waals surface area (Å²) in [5.41, 5.74) is 1.58. The molecule has 1 aromatic rings. The van der Waals surface area contributed by atoms with Gasteiger partial charge in [-0.25, -0.2) is 0 Å². The second kappa shape index (κ2) is 4.06. The first kappa shape index (κ1) is 11.4. The van der Waals surface area contributed by atoms with Crippen molar-refractivity contribution in [2.24, 2.45) is 5.41 Å². The van der Waals surface area contributed by atoms with Crippen molar-refractivity contribution in [3.63, 3.8) is 0 Å². The second-order valence-corrected chi connectivity index (χ2v) is 5.21. The third-order valence-electron chi connectivity index (χ3n) is 3.01. The molecule has 1 amide bonds. The van der Waals surface area contributed by atoms with E-state index in [4.69, 9.17) is 11.6 Å². The molecular weight excluding hydrogens is 224 g/mol. The predicted octanol–water partition coefficient (Wildman–Crippen LogP) is 2.57. The molecule has 1 N–H and O–H groups in total. The average molecular weight is 239 g/mol. The fraction of sp³-hybridized carbons (Fsp3) is 0.500. The van der Waals surface area contributed by atoms with E-state index in [9.17, 15) is 4.79 Å². The molecule has 1 aromatic heterocycles. The van der Waals surface area contributed by atoms with Crippen LogP contribution in [0.25, 0.3) is 0 Å². The third-order valence-corrected chi connectivity index (χ3v) is 3.33. The van der Waals surface area contributed by atoms with Crippen LogP contribution in [0.15, 0.2) is 12.3 Å². The van der Waals surface area contributed by atoms with Crippen molar-refractivity contribution in [3.8, 4) is 0 Å². The van der Waals surface area contributed by atoms with Gasteiger partial charge in [0.15, 0.2) is 0 Å². The van der Waals surface area contributed by atoms with E-state index in [-0.39, 0.29) is 5.91 Å². The van der Waals surface area contributed by atoms with Gasteiger partial charge in [-0.15, -0.1) is 0 Å². The summed E-state index contributed by atoms with van der Waals surface area (Å²) >= 11 is 5.99. The summed E-state index contributed by atoms with van der Waals surface area (Å²) in [5.74, 6) is -0.134. The zero-order chi connectivity index (χ0) is 11.8. The molecule has 0 bridgehead atoms. The minimum Gasteiger partial charge on any atom is -0.351 e. The summed E-state index contributed by atoms with van der Waals surface area (Å²) in [5, 5.41) is 3.36. The molecule has 1 aliphatic carbocycles. The minimum absolute atomic E-state index is 0.134. The molecule has 0 spiro atoms. The molecule has 2 rings (SSSR count). The molecule has 3 nitrogen and oxygen atoms in total. The Hall–Kier alpha value is -1.09. The van der Waals surface area contributed by atoms with E-state index in [1.807, 2.05) is 6.92 Å². The second-order valence-electron chi connectivity index (χ2n) is 4.80. The molecule has 0 aliphatic heterocycles. The SMILES string of the molecule is Cc1cc(Cl)c(C(=O)NCC2(C)CC2)cn1. The molecular formula is C12H15ClN2O. The maximum atomic E-state index is 11.8. The van der Waals surface area contributed by atoms with Crippen LogP contribution in [0.2, 0.25) is 5.02 Å². The lowest BCUT2D eigenvalue weighted by atomic mass is 10.1. The van der Waals surface area contributed by atoms with Gasteiger partial charge in [-0.1, -0.05) is 18.5 Å². The molecule has 0 aromatic carbocycles. The molecule has 1 heterocycles. The molecule has 1 saturated carbocycles. The average Bonchev–Trinajstić information content (AvgIpc) is 2.94. The normalized spacial score (nSPS) is 16.9. The van der Waals surface area contributed by atoms with Crippen molar-refractivity contribution in [2.75, 3.05) is 6.54 Å². The van der Waals surface area contributed by atoms with Crippen molar-refractivity contribution in [2.45, 2.75) is 26.7 Å². The van der Waals surface area contributed by atoms with Crippen LogP contribution in [0.4, 0.5) is 0 Å². The van der Waals surface area contributed by atoms with E-state index in [0.29, 0.717) is 16.0 Å². The molecule has 86 valence electrons. The van der Waals surface area contributed by atoms with Crippen molar-refractivity contribution in [1.82, 2.24) is 10.3 Å². The number of rotatable bonds is 3. The summed E-state index contributed by atoms with van der Waals surface area (Å²) in [4.78, 5) is 15.9. The Balaban J connectivity index is 2.02. The predicted molar refractivity (Wildman–Crippen MR) is 63.7 cm³/mol. The number of hydrogen-bond acceptors (Lipinski definition) is 2. The molecule has 4 heteroatoms. The Labute approximate surface area is 100 Å². The van der Waals surface area contributed by atoms with Gasteiger partial charge in [0.1, 0.15) is 0 Å². The van der Waals surface area contributed by atoms with Crippen molar-refractivity contribution in [3.05, 3.63) is 28.5 Å².